The summed E-state index contributed by atoms with van der Waals surface area (Å²) in [4.78, 5) is 191. The van der Waals surface area contributed by atoms with E-state index in [0.717, 1.165) is 63.0 Å². The Morgan fingerprint density at radius 1 is 0.627 bits per heavy atom. The Bertz CT molecular complexity index is 3400. The molecule has 12 amide bonds. The monoisotopic (exact) mass is 1450 g/mol. The molecule has 3 aliphatic carbocycles. The summed E-state index contributed by atoms with van der Waals surface area (Å²) in [5, 5.41) is 8.16. The highest BCUT2D eigenvalue weighted by atomic mass is 35.5. The van der Waals surface area contributed by atoms with Crippen LogP contribution in [-0.4, -0.2) is 265 Å². The number of alkyl halides is 3. The topological polar surface area (TPSA) is 279 Å². The van der Waals surface area contributed by atoms with Crippen molar-refractivity contribution in [3.63, 3.8) is 0 Å². The normalized spacial score (nSPS) is 26.3. The van der Waals surface area contributed by atoms with Crippen LogP contribution in [0.2, 0.25) is 5.02 Å². The quantitative estimate of drug-likeness (QED) is 0.294. The van der Waals surface area contributed by atoms with Crippen molar-refractivity contribution in [2.45, 2.75) is 197 Å². The number of nitrogens with one attached hydrogen (secondary N) is 3. The van der Waals surface area contributed by atoms with Crippen LogP contribution in [0.4, 0.5) is 13.2 Å². The highest BCUT2D eigenvalue weighted by Gasteiger charge is 2.52. The second-order valence-corrected chi connectivity index (χ2v) is 29.6. The minimum Gasteiger partial charge on any atom is -0.378 e. The minimum atomic E-state index is -4.77. The molecule has 8 atom stereocenters. The molecule has 1 spiro atoms. The molecule has 2 aromatic carbocycles. The number of halogens is 4. The van der Waals surface area contributed by atoms with Crippen molar-refractivity contribution in [3.8, 4) is 0 Å². The van der Waals surface area contributed by atoms with Crippen LogP contribution >= 0.6 is 11.6 Å². The molecule has 0 radical (unpaired) electrons. The van der Waals surface area contributed by atoms with Crippen LogP contribution in [0.25, 0.3) is 0 Å². The molecule has 3 aliphatic heterocycles. The largest absolute Gasteiger partial charge is 0.417 e. The fourth-order valence-corrected chi connectivity index (χ4v) is 15.5. The summed E-state index contributed by atoms with van der Waals surface area (Å²) in [7, 11) is 9.85. The van der Waals surface area contributed by atoms with Crippen molar-refractivity contribution in [3.05, 3.63) is 69.7 Å². The van der Waals surface area contributed by atoms with Crippen LogP contribution in [0.1, 0.15) is 145 Å². The third-order valence-electron chi connectivity index (χ3n) is 22.1. The van der Waals surface area contributed by atoms with E-state index < -0.39 is 173 Å². The lowest BCUT2D eigenvalue weighted by molar-refractivity contribution is -0.158. The lowest BCUT2D eigenvalue weighted by atomic mass is 9.78. The molecule has 25 nitrogen and oxygen atoms in total. The van der Waals surface area contributed by atoms with Gasteiger partial charge in [-0.1, -0.05) is 106 Å². The van der Waals surface area contributed by atoms with E-state index in [1.54, 1.807) is 19.1 Å². The number of benzene rings is 2. The number of hydrogen-bond acceptors (Lipinski definition) is 13. The van der Waals surface area contributed by atoms with Gasteiger partial charge in [0.25, 0.3) is 0 Å². The number of carbonyl (C=O) groups excluding carboxylic acids is 12. The van der Waals surface area contributed by atoms with Gasteiger partial charge in [-0.3, -0.25) is 57.5 Å². The minimum absolute atomic E-state index is 0.0195. The molecule has 6 fully saturated rings. The summed E-state index contributed by atoms with van der Waals surface area (Å²) in [5.41, 5.74) is -0.834. The number of fused-ring (bicyclic) bond motifs is 1. The van der Waals surface area contributed by atoms with Crippen LogP contribution in [-0.2, 0) is 81.3 Å². The average Bonchev–Trinajstić information content (AvgIpc) is 1.40. The molecule has 8 rings (SSSR count). The van der Waals surface area contributed by atoms with Crippen molar-refractivity contribution in [1.82, 2.24) is 60.0 Å². The van der Waals surface area contributed by atoms with Gasteiger partial charge in [-0.05, 0) is 112 Å². The maximum atomic E-state index is 15.8. The number of carbonyl (C=O) groups is 12. The molecule has 3 saturated carbocycles. The number of hydrogen-bond donors (Lipinski definition) is 3. The van der Waals surface area contributed by atoms with Gasteiger partial charge in [0.15, 0.2) is 0 Å². The SMILES string of the molecule is CC[C@H](C)[C@@H]1NC(=O)[C@H](C2CCC2)N(C)C(=O)C[C@@H](C(=O)N2CCOCC2)N(C)C(=O)[C@H](C2CCCCC2)N(C)C(=O)C2(CCCC2)NC(=O)[C@@H]2CCCN2C(=O)[C@H](CCc2ccc(C(F)(F)F)c(Cl)c2)NC(=O)CN(C)C(=O)[C@H](Cc2ccc(C)cc2)N(C)C(=O)CN(C)C(=O)CN(C)C1=O. The van der Waals surface area contributed by atoms with Gasteiger partial charge in [0.1, 0.15) is 47.8 Å². The number of amides is 12. The van der Waals surface area contributed by atoms with Crippen molar-refractivity contribution in [1.29, 1.82) is 0 Å². The molecule has 562 valence electrons. The zero-order chi connectivity index (χ0) is 74.7. The lowest BCUT2D eigenvalue weighted by Crippen LogP contribution is -2.65. The number of rotatable bonds is 10. The first-order valence-corrected chi connectivity index (χ1v) is 36.4. The summed E-state index contributed by atoms with van der Waals surface area (Å²) in [5.74, 6) is -9.30. The molecule has 3 saturated heterocycles. The Kier molecular flexibility index (Phi) is 27.4. The summed E-state index contributed by atoms with van der Waals surface area (Å²) in [6.45, 7) is 4.39. The fourth-order valence-electron chi connectivity index (χ4n) is 15.2. The van der Waals surface area contributed by atoms with Crippen LogP contribution < -0.4 is 16.0 Å². The van der Waals surface area contributed by atoms with Crippen LogP contribution in [0.3, 0.4) is 0 Å². The maximum absolute atomic E-state index is 15.8. The van der Waals surface area contributed by atoms with Crippen molar-refractivity contribution in [2.24, 2.45) is 17.8 Å². The molecule has 29 heteroatoms. The van der Waals surface area contributed by atoms with E-state index in [1.807, 2.05) is 26.0 Å². The standard InChI is InChI=1S/C73H104ClF3N12O13/c1-11-46(3)61-69(99)83(6)43-59(92)81(4)44-60(93)84(7)55(40-48-26-24-45(2)25-27-48)67(97)82(5)42-57(90)78-53(31-29-47-28-30-51(52(74)39-47)73(75,76)77)66(96)89-34-18-23-54(89)64(94)80-72(32-15-16-33-72)71(101)87(10)63(50-19-13-12-14-20-50)70(100)85(8)56(68(98)88-35-37-102-38-36-88)41-58(91)86(9)62(65(95)79-61)49-21-17-22-49/h24-28,30,39,46,49-50,53-56,61-63H,11-23,29,31-38,40-44H2,1-10H3,(H,78,90)(H,79,95)(H,80,94)/t46-,53-,54-,55-,56-,61-,62-,63-/m0/s1. The Morgan fingerprint density at radius 3 is 1.84 bits per heavy atom. The molecule has 0 bridgehead atoms. The first-order chi connectivity index (χ1) is 48.3. The van der Waals surface area contributed by atoms with E-state index in [-0.39, 0.29) is 82.9 Å². The van der Waals surface area contributed by atoms with Crippen molar-refractivity contribution < 1.29 is 75.4 Å². The smallest absolute Gasteiger partial charge is 0.378 e. The zero-order valence-corrected chi connectivity index (χ0v) is 61.5. The lowest BCUT2D eigenvalue weighted by Gasteiger charge is -2.44. The molecule has 2 aromatic rings. The van der Waals surface area contributed by atoms with E-state index in [0.29, 0.717) is 56.9 Å². The van der Waals surface area contributed by atoms with Crippen molar-refractivity contribution >= 4 is 82.5 Å². The van der Waals surface area contributed by atoms with Gasteiger partial charge in [-0.15, -0.1) is 0 Å². The van der Waals surface area contributed by atoms with Gasteiger partial charge in [-0.25, -0.2) is 0 Å². The Balaban J connectivity index is 1.18. The fraction of sp³-hybridized carbons (Fsp3) is 0.671. The third kappa shape index (κ3) is 19.1. The molecular formula is C73H104ClF3N12O13. The summed E-state index contributed by atoms with van der Waals surface area (Å²) in [6, 6.07) is 1.40. The van der Waals surface area contributed by atoms with E-state index in [4.69, 9.17) is 16.3 Å². The van der Waals surface area contributed by atoms with E-state index in [9.17, 15) is 41.9 Å². The maximum Gasteiger partial charge on any atom is 0.417 e. The highest BCUT2D eigenvalue weighted by molar-refractivity contribution is 6.31. The van der Waals surface area contributed by atoms with Crippen LogP contribution in [0.15, 0.2) is 42.5 Å². The van der Waals surface area contributed by atoms with Gasteiger partial charge < -0.3 is 64.8 Å². The van der Waals surface area contributed by atoms with Crippen LogP contribution in [0, 0.1) is 24.7 Å². The van der Waals surface area contributed by atoms with E-state index >= 15 is 28.8 Å². The number of nitrogens with zero attached hydrogens (tertiary/aromatic N) is 9. The molecule has 0 aromatic heterocycles. The molecule has 3 N–H and O–H groups in total. The molecule has 6 aliphatic rings. The second-order valence-electron chi connectivity index (χ2n) is 29.2. The first kappa shape index (κ1) is 79.8. The van der Waals surface area contributed by atoms with Gasteiger partial charge in [0.05, 0.1) is 49.9 Å². The van der Waals surface area contributed by atoms with Gasteiger partial charge in [0.2, 0.25) is 70.9 Å². The Hall–Kier alpha value is -7.88. The Labute approximate surface area is 601 Å². The molecule has 3 heterocycles. The van der Waals surface area contributed by atoms with Crippen molar-refractivity contribution in [2.75, 3.05) is 102 Å². The Morgan fingerprint density at radius 2 is 1.24 bits per heavy atom. The second kappa shape index (κ2) is 35.1. The summed E-state index contributed by atoms with van der Waals surface area (Å²) < 4.78 is 47.3. The number of ether oxygens (including phenoxy) is 1. The average molecular weight is 1450 g/mol. The number of aryl methyl sites for hydroxylation is 2. The molecular weight excluding hydrogens is 1350 g/mol. The molecule has 102 heavy (non-hydrogen) atoms. The van der Waals surface area contributed by atoms with E-state index in [1.165, 1.54) is 79.9 Å². The van der Waals surface area contributed by atoms with Gasteiger partial charge >= 0.3 is 6.18 Å². The predicted molar refractivity (Wildman–Crippen MR) is 372 cm³/mol. The van der Waals surface area contributed by atoms with Crippen LogP contribution in [0.5, 0.6) is 0 Å². The number of likely N-dealkylation sites (N-methyl/N-ethyl adjacent to an activating group) is 7. The van der Waals surface area contributed by atoms with E-state index in [2.05, 4.69) is 16.0 Å². The zero-order valence-electron chi connectivity index (χ0n) is 60.8. The molecule has 0 unspecified atom stereocenters. The number of morpholine rings is 1. The first-order valence-electron chi connectivity index (χ1n) is 36.1. The van der Waals surface area contributed by atoms with Gasteiger partial charge in [-0.2, -0.15) is 13.2 Å². The highest BCUT2D eigenvalue weighted by Crippen LogP contribution is 2.39. The summed E-state index contributed by atoms with van der Waals surface area (Å²) >= 11 is 6.16. The third-order valence-corrected chi connectivity index (χ3v) is 22.4. The predicted octanol–water partition coefficient (Wildman–Crippen LogP) is 4.60. The summed E-state index contributed by atoms with van der Waals surface area (Å²) in [6.07, 6.45) is 1.73. The van der Waals surface area contributed by atoms with Gasteiger partial charge in [0, 0.05) is 75.4 Å².